The molecule has 98 valence electrons. The maximum Gasteiger partial charge on any atom is 0.166 e. The zero-order valence-corrected chi connectivity index (χ0v) is 12.0. The second-order valence-corrected chi connectivity index (χ2v) is 5.58. The highest BCUT2D eigenvalue weighted by Crippen LogP contribution is 2.21. The highest BCUT2D eigenvalue weighted by molar-refractivity contribution is 5.56. The molecule has 0 atom stereocenters. The van der Waals surface area contributed by atoms with Crippen LogP contribution in [0.2, 0.25) is 0 Å². The van der Waals surface area contributed by atoms with Crippen molar-refractivity contribution in [3.63, 3.8) is 0 Å². The first-order chi connectivity index (χ1) is 8.42. The van der Waals surface area contributed by atoms with Crippen LogP contribution in [0.15, 0.2) is 0 Å². The van der Waals surface area contributed by atoms with Gasteiger partial charge >= 0.3 is 0 Å². The fourth-order valence-corrected chi connectivity index (χ4v) is 1.77. The van der Waals surface area contributed by atoms with Crippen molar-refractivity contribution in [3.05, 3.63) is 16.8 Å². The third-order valence-electron chi connectivity index (χ3n) is 2.74. The standard InChI is InChI=1S/C14H22N4/c1-6-10-11(8-15)13(16-9-14(3,4)5)18-17-12(10)7-2/h6-7,9H2,1-5H3,(H,16,18). The molecule has 0 saturated heterocycles. The fourth-order valence-electron chi connectivity index (χ4n) is 1.77. The summed E-state index contributed by atoms with van der Waals surface area (Å²) in [5, 5.41) is 20.9. The number of rotatable bonds is 4. The predicted molar refractivity (Wildman–Crippen MR) is 73.4 cm³/mol. The molecule has 4 heteroatoms. The van der Waals surface area contributed by atoms with Crippen molar-refractivity contribution >= 4 is 5.82 Å². The van der Waals surface area contributed by atoms with Crippen LogP contribution in [0.3, 0.4) is 0 Å². The quantitative estimate of drug-likeness (QED) is 0.887. The molecule has 0 aliphatic rings. The molecule has 0 saturated carbocycles. The molecular weight excluding hydrogens is 224 g/mol. The third kappa shape index (κ3) is 3.43. The molecule has 18 heavy (non-hydrogen) atoms. The zero-order valence-electron chi connectivity index (χ0n) is 12.0. The summed E-state index contributed by atoms with van der Waals surface area (Å²) in [5.41, 5.74) is 2.74. The van der Waals surface area contributed by atoms with E-state index in [4.69, 9.17) is 0 Å². The number of nitrogens with zero attached hydrogens (tertiary/aromatic N) is 3. The van der Waals surface area contributed by atoms with Crippen molar-refractivity contribution in [1.29, 1.82) is 5.26 Å². The summed E-state index contributed by atoms with van der Waals surface area (Å²) >= 11 is 0. The highest BCUT2D eigenvalue weighted by Gasteiger charge is 2.16. The van der Waals surface area contributed by atoms with E-state index in [1.807, 2.05) is 13.8 Å². The minimum atomic E-state index is 0.143. The SMILES string of the molecule is CCc1nnc(NCC(C)(C)C)c(C#N)c1CC. The van der Waals surface area contributed by atoms with Crippen molar-refractivity contribution in [2.24, 2.45) is 5.41 Å². The number of aromatic nitrogens is 2. The van der Waals surface area contributed by atoms with Gasteiger partial charge in [-0.3, -0.25) is 0 Å². The maximum atomic E-state index is 9.32. The molecule has 0 unspecified atom stereocenters. The first-order valence-electron chi connectivity index (χ1n) is 6.45. The molecule has 0 bridgehead atoms. The minimum Gasteiger partial charge on any atom is -0.367 e. The van der Waals surface area contributed by atoms with Gasteiger partial charge in [0.05, 0.1) is 5.69 Å². The fraction of sp³-hybridized carbons (Fsp3) is 0.643. The lowest BCUT2D eigenvalue weighted by molar-refractivity contribution is 0.442. The largest absolute Gasteiger partial charge is 0.367 e. The smallest absolute Gasteiger partial charge is 0.166 e. The number of hydrogen-bond acceptors (Lipinski definition) is 4. The molecule has 1 aromatic rings. The van der Waals surface area contributed by atoms with Gasteiger partial charge in [0.25, 0.3) is 0 Å². The van der Waals surface area contributed by atoms with Gasteiger partial charge < -0.3 is 5.32 Å². The summed E-state index contributed by atoms with van der Waals surface area (Å²) in [6, 6.07) is 2.26. The van der Waals surface area contributed by atoms with Crippen LogP contribution in [0.5, 0.6) is 0 Å². The molecule has 0 radical (unpaired) electrons. The van der Waals surface area contributed by atoms with E-state index in [1.54, 1.807) is 0 Å². The van der Waals surface area contributed by atoms with Gasteiger partial charge in [-0.15, -0.1) is 5.10 Å². The van der Waals surface area contributed by atoms with Crippen molar-refractivity contribution in [2.45, 2.75) is 47.5 Å². The Balaban J connectivity index is 3.10. The van der Waals surface area contributed by atoms with Gasteiger partial charge in [0.1, 0.15) is 11.6 Å². The van der Waals surface area contributed by atoms with Gasteiger partial charge in [-0.05, 0) is 23.8 Å². The van der Waals surface area contributed by atoms with Crippen molar-refractivity contribution in [1.82, 2.24) is 10.2 Å². The van der Waals surface area contributed by atoms with Crippen molar-refractivity contribution in [3.8, 4) is 6.07 Å². The number of nitrogens with one attached hydrogen (secondary N) is 1. The summed E-state index contributed by atoms with van der Waals surface area (Å²) in [4.78, 5) is 0. The summed E-state index contributed by atoms with van der Waals surface area (Å²) in [7, 11) is 0. The van der Waals surface area contributed by atoms with E-state index < -0.39 is 0 Å². The van der Waals surface area contributed by atoms with E-state index in [1.165, 1.54) is 0 Å². The molecule has 1 aromatic heterocycles. The van der Waals surface area contributed by atoms with E-state index >= 15 is 0 Å². The molecule has 0 fully saturated rings. The van der Waals surface area contributed by atoms with E-state index in [-0.39, 0.29) is 5.41 Å². The van der Waals surface area contributed by atoms with Crippen LogP contribution >= 0.6 is 0 Å². The number of anilines is 1. The summed E-state index contributed by atoms with van der Waals surface area (Å²) < 4.78 is 0. The monoisotopic (exact) mass is 246 g/mol. The number of aryl methyl sites for hydroxylation is 1. The van der Waals surface area contributed by atoms with Crippen molar-refractivity contribution in [2.75, 3.05) is 11.9 Å². The first-order valence-corrected chi connectivity index (χ1v) is 6.45. The van der Waals surface area contributed by atoms with E-state index in [0.29, 0.717) is 11.4 Å². The predicted octanol–water partition coefficient (Wildman–Crippen LogP) is 2.93. The van der Waals surface area contributed by atoms with Crippen LogP contribution in [0.1, 0.15) is 51.4 Å². The maximum absolute atomic E-state index is 9.32. The van der Waals surface area contributed by atoms with E-state index in [9.17, 15) is 5.26 Å². The average molecular weight is 246 g/mol. The molecule has 1 N–H and O–H groups in total. The molecule has 0 aromatic carbocycles. The van der Waals surface area contributed by atoms with Gasteiger partial charge in [0.15, 0.2) is 5.82 Å². The van der Waals surface area contributed by atoms with Crippen LogP contribution in [-0.4, -0.2) is 16.7 Å². The van der Waals surface area contributed by atoms with Gasteiger partial charge in [0, 0.05) is 6.54 Å². The number of hydrogen-bond donors (Lipinski definition) is 1. The van der Waals surface area contributed by atoms with E-state index in [2.05, 4.69) is 42.4 Å². The Morgan fingerprint density at radius 3 is 2.28 bits per heavy atom. The molecule has 0 aliphatic carbocycles. The molecule has 0 amide bonds. The Labute approximate surface area is 109 Å². The first kappa shape index (κ1) is 14.4. The van der Waals surface area contributed by atoms with Gasteiger partial charge in [-0.25, -0.2) is 0 Å². The van der Waals surface area contributed by atoms with Crippen LogP contribution < -0.4 is 5.32 Å². The Bertz CT molecular complexity index is 452. The Morgan fingerprint density at radius 1 is 1.17 bits per heavy atom. The Morgan fingerprint density at radius 2 is 1.83 bits per heavy atom. The molecule has 4 nitrogen and oxygen atoms in total. The van der Waals surface area contributed by atoms with Crippen LogP contribution in [0, 0.1) is 16.7 Å². The second kappa shape index (κ2) is 5.81. The Hall–Kier alpha value is -1.63. The molecule has 1 rings (SSSR count). The average Bonchev–Trinajstić information content (AvgIpc) is 2.33. The molecule has 1 heterocycles. The van der Waals surface area contributed by atoms with Gasteiger partial charge in [-0.1, -0.05) is 34.6 Å². The van der Waals surface area contributed by atoms with Crippen LogP contribution in [0.25, 0.3) is 0 Å². The van der Waals surface area contributed by atoms with Crippen LogP contribution in [0.4, 0.5) is 5.82 Å². The van der Waals surface area contributed by atoms with Crippen molar-refractivity contribution < 1.29 is 0 Å². The summed E-state index contributed by atoms with van der Waals surface area (Å²) in [5.74, 6) is 0.612. The Kier molecular flexibility index (Phi) is 4.66. The lowest BCUT2D eigenvalue weighted by Gasteiger charge is -2.20. The number of nitriles is 1. The van der Waals surface area contributed by atoms with Gasteiger partial charge in [-0.2, -0.15) is 10.4 Å². The van der Waals surface area contributed by atoms with Gasteiger partial charge in [0.2, 0.25) is 0 Å². The van der Waals surface area contributed by atoms with Crippen LogP contribution in [-0.2, 0) is 12.8 Å². The second-order valence-electron chi connectivity index (χ2n) is 5.58. The summed E-state index contributed by atoms with van der Waals surface area (Å²) in [6.07, 6.45) is 1.62. The molecular formula is C14H22N4. The third-order valence-corrected chi connectivity index (χ3v) is 2.74. The topological polar surface area (TPSA) is 61.6 Å². The highest BCUT2D eigenvalue weighted by atomic mass is 15.2. The minimum absolute atomic E-state index is 0.143. The summed E-state index contributed by atoms with van der Waals surface area (Å²) in [6.45, 7) is 11.3. The molecule has 0 spiro atoms. The zero-order chi connectivity index (χ0) is 13.8. The lowest BCUT2D eigenvalue weighted by atomic mass is 9.96. The van der Waals surface area contributed by atoms with E-state index in [0.717, 1.165) is 30.6 Å². The lowest BCUT2D eigenvalue weighted by Crippen LogP contribution is -2.21. The molecule has 0 aliphatic heterocycles. The normalized spacial score (nSPS) is 11.1.